The highest BCUT2D eigenvalue weighted by atomic mass is 35.5. The van der Waals surface area contributed by atoms with Crippen LogP contribution in [0.1, 0.15) is 38.7 Å². The Balaban J connectivity index is 2.18. The molecule has 31 heavy (non-hydrogen) atoms. The molecule has 1 atom stereocenters. The van der Waals surface area contributed by atoms with Gasteiger partial charge in [0.1, 0.15) is 11.8 Å². The highest BCUT2D eigenvalue weighted by Crippen LogP contribution is 2.23. The number of rotatable bonds is 12. The molecule has 2 aromatic rings. The van der Waals surface area contributed by atoms with Crippen molar-refractivity contribution in [2.45, 2.75) is 50.6 Å². The number of hydrogen-bond acceptors (Lipinski definition) is 4. The lowest BCUT2D eigenvalue weighted by atomic mass is 10.1. The molecular weight excluding hydrogens is 432 g/mol. The standard InChI is InChI=1S/C24H31ClN2O3S/c1-4-6-14-26-24(29)22(5-2)27(16-18-8-7-9-20(15-18)30-3)23(28)17-31-21-12-10-19(25)11-13-21/h7-13,15,22H,4-6,14,16-17H2,1-3H3,(H,26,29)/t22-/m0/s1. The molecule has 0 aliphatic rings. The van der Waals surface area contributed by atoms with Crippen molar-refractivity contribution in [2.24, 2.45) is 0 Å². The predicted molar refractivity (Wildman–Crippen MR) is 128 cm³/mol. The van der Waals surface area contributed by atoms with E-state index >= 15 is 0 Å². The average Bonchev–Trinajstić information content (AvgIpc) is 2.78. The van der Waals surface area contributed by atoms with Crippen LogP contribution in [0.25, 0.3) is 0 Å². The maximum Gasteiger partial charge on any atom is 0.242 e. The monoisotopic (exact) mass is 462 g/mol. The Morgan fingerprint density at radius 1 is 1.16 bits per heavy atom. The minimum atomic E-state index is -0.527. The third kappa shape index (κ3) is 8.11. The Morgan fingerprint density at radius 2 is 1.90 bits per heavy atom. The number of benzene rings is 2. The SMILES string of the molecule is CCCCNC(=O)[C@H](CC)N(Cc1cccc(OC)c1)C(=O)CSc1ccc(Cl)cc1. The fourth-order valence-electron chi connectivity index (χ4n) is 3.15. The predicted octanol–water partition coefficient (Wildman–Crippen LogP) is 5.16. The zero-order valence-electron chi connectivity index (χ0n) is 18.4. The average molecular weight is 463 g/mol. The Bertz CT molecular complexity index is 845. The van der Waals surface area contributed by atoms with Crippen LogP contribution in [0.4, 0.5) is 0 Å². The van der Waals surface area contributed by atoms with Gasteiger partial charge in [-0.1, -0.05) is 44.0 Å². The first-order valence-corrected chi connectivity index (χ1v) is 11.9. The van der Waals surface area contributed by atoms with Gasteiger partial charge in [0, 0.05) is 23.0 Å². The first-order chi connectivity index (χ1) is 15.0. The number of nitrogens with one attached hydrogen (secondary N) is 1. The molecular formula is C24H31ClN2O3S. The van der Waals surface area contributed by atoms with Crippen LogP contribution in [-0.2, 0) is 16.1 Å². The van der Waals surface area contributed by atoms with Crippen molar-refractivity contribution in [1.82, 2.24) is 10.2 Å². The van der Waals surface area contributed by atoms with Gasteiger partial charge in [-0.05, 0) is 54.8 Å². The summed E-state index contributed by atoms with van der Waals surface area (Å²) in [6, 6.07) is 14.5. The second-order valence-electron chi connectivity index (χ2n) is 7.18. The fraction of sp³-hybridized carbons (Fsp3) is 0.417. The van der Waals surface area contributed by atoms with Crippen molar-refractivity contribution >= 4 is 35.2 Å². The fourth-order valence-corrected chi connectivity index (χ4v) is 4.06. The van der Waals surface area contributed by atoms with E-state index in [-0.39, 0.29) is 17.6 Å². The summed E-state index contributed by atoms with van der Waals surface area (Å²) in [4.78, 5) is 28.8. The Hall–Kier alpha value is -2.18. The zero-order valence-corrected chi connectivity index (χ0v) is 20.0. The van der Waals surface area contributed by atoms with Crippen LogP contribution in [0.5, 0.6) is 5.75 Å². The number of hydrogen-bond donors (Lipinski definition) is 1. The molecule has 0 saturated carbocycles. The minimum absolute atomic E-state index is 0.0831. The molecule has 2 aromatic carbocycles. The van der Waals surface area contributed by atoms with Crippen LogP contribution in [0, 0.1) is 0 Å². The van der Waals surface area contributed by atoms with Crippen molar-refractivity contribution in [3.8, 4) is 5.75 Å². The lowest BCUT2D eigenvalue weighted by Crippen LogP contribution is -2.49. The van der Waals surface area contributed by atoms with E-state index in [1.807, 2.05) is 43.3 Å². The lowest BCUT2D eigenvalue weighted by Gasteiger charge is -2.30. The smallest absolute Gasteiger partial charge is 0.242 e. The van der Waals surface area contributed by atoms with Crippen molar-refractivity contribution in [2.75, 3.05) is 19.4 Å². The molecule has 0 radical (unpaired) electrons. The van der Waals surface area contributed by atoms with Gasteiger partial charge >= 0.3 is 0 Å². The van der Waals surface area contributed by atoms with E-state index in [1.54, 1.807) is 24.1 Å². The van der Waals surface area contributed by atoms with Crippen LogP contribution < -0.4 is 10.1 Å². The third-order valence-corrected chi connectivity index (χ3v) is 6.13. The van der Waals surface area contributed by atoms with Crippen molar-refractivity contribution in [1.29, 1.82) is 0 Å². The van der Waals surface area contributed by atoms with E-state index in [0.717, 1.165) is 29.1 Å². The van der Waals surface area contributed by atoms with Crippen LogP contribution in [0.15, 0.2) is 53.4 Å². The Morgan fingerprint density at radius 3 is 2.55 bits per heavy atom. The first kappa shape index (κ1) is 25.1. The molecule has 2 rings (SSSR count). The van der Waals surface area contributed by atoms with Gasteiger partial charge in [0.05, 0.1) is 12.9 Å². The molecule has 0 aromatic heterocycles. The molecule has 0 fully saturated rings. The second kappa shape index (κ2) is 13.3. The lowest BCUT2D eigenvalue weighted by molar-refractivity contribution is -0.139. The molecule has 0 spiro atoms. The maximum absolute atomic E-state index is 13.2. The van der Waals surface area contributed by atoms with Crippen LogP contribution in [0.2, 0.25) is 5.02 Å². The molecule has 0 unspecified atom stereocenters. The highest BCUT2D eigenvalue weighted by molar-refractivity contribution is 8.00. The van der Waals surface area contributed by atoms with Crippen molar-refractivity contribution in [3.05, 3.63) is 59.1 Å². The molecule has 0 bridgehead atoms. The van der Waals surface area contributed by atoms with E-state index < -0.39 is 6.04 Å². The summed E-state index contributed by atoms with van der Waals surface area (Å²) in [5.74, 6) is 0.773. The maximum atomic E-state index is 13.2. The molecule has 0 saturated heterocycles. The van der Waals surface area contributed by atoms with E-state index in [1.165, 1.54) is 11.8 Å². The van der Waals surface area contributed by atoms with Gasteiger partial charge in [0.15, 0.2) is 0 Å². The van der Waals surface area contributed by atoms with Crippen LogP contribution >= 0.6 is 23.4 Å². The summed E-state index contributed by atoms with van der Waals surface area (Å²) >= 11 is 7.39. The quantitative estimate of drug-likeness (QED) is 0.349. The molecule has 7 heteroatoms. The summed E-state index contributed by atoms with van der Waals surface area (Å²) < 4.78 is 5.31. The minimum Gasteiger partial charge on any atom is -0.497 e. The van der Waals surface area contributed by atoms with Gasteiger partial charge in [-0.15, -0.1) is 11.8 Å². The summed E-state index contributed by atoms with van der Waals surface area (Å²) in [5, 5.41) is 3.64. The molecule has 0 aliphatic carbocycles. The van der Waals surface area contributed by atoms with Crippen molar-refractivity contribution < 1.29 is 14.3 Å². The number of methoxy groups -OCH3 is 1. The van der Waals surface area contributed by atoms with Crippen LogP contribution in [-0.4, -0.2) is 42.2 Å². The van der Waals surface area contributed by atoms with E-state index in [4.69, 9.17) is 16.3 Å². The number of unbranched alkanes of at least 4 members (excludes halogenated alkanes) is 1. The van der Waals surface area contributed by atoms with Crippen LogP contribution in [0.3, 0.4) is 0 Å². The van der Waals surface area contributed by atoms with E-state index in [9.17, 15) is 9.59 Å². The van der Waals surface area contributed by atoms with Gasteiger partial charge in [-0.2, -0.15) is 0 Å². The van der Waals surface area contributed by atoms with Gasteiger partial charge in [-0.3, -0.25) is 9.59 Å². The van der Waals surface area contributed by atoms with Crippen molar-refractivity contribution in [3.63, 3.8) is 0 Å². The third-order valence-electron chi connectivity index (χ3n) is 4.88. The normalized spacial score (nSPS) is 11.6. The largest absolute Gasteiger partial charge is 0.497 e. The molecule has 2 amide bonds. The number of nitrogens with zero attached hydrogens (tertiary/aromatic N) is 1. The summed E-state index contributed by atoms with van der Waals surface area (Å²) in [5.41, 5.74) is 0.920. The number of ether oxygens (including phenoxy) is 1. The molecule has 5 nitrogen and oxygen atoms in total. The molecule has 168 valence electrons. The Labute approximate surface area is 194 Å². The summed E-state index contributed by atoms with van der Waals surface area (Å²) in [6.07, 6.45) is 2.46. The van der Waals surface area contributed by atoms with E-state index in [0.29, 0.717) is 24.5 Å². The molecule has 1 N–H and O–H groups in total. The zero-order chi connectivity index (χ0) is 22.6. The molecule has 0 aliphatic heterocycles. The van der Waals surface area contributed by atoms with Gasteiger partial charge in [0.2, 0.25) is 11.8 Å². The van der Waals surface area contributed by atoms with Gasteiger partial charge in [0.25, 0.3) is 0 Å². The summed E-state index contributed by atoms with van der Waals surface area (Å²) in [6.45, 7) is 4.97. The first-order valence-electron chi connectivity index (χ1n) is 10.6. The summed E-state index contributed by atoms with van der Waals surface area (Å²) in [7, 11) is 1.61. The molecule has 0 heterocycles. The van der Waals surface area contributed by atoms with E-state index in [2.05, 4.69) is 12.2 Å². The van der Waals surface area contributed by atoms with Gasteiger partial charge in [-0.25, -0.2) is 0 Å². The number of thioether (sulfide) groups is 1. The number of carbonyl (C=O) groups is 2. The number of halogens is 1. The number of amides is 2. The Kier molecular flexibility index (Phi) is 10.7. The topological polar surface area (TPSA) is 58.6 Å². The second-order valence-corrected chi connectivity index (χ2v) is 8.67. The number of carbonyl (C=O) groups excluding carboxylic acids is 2. The highest BCUT2D eigenvalue weighted by Gasteiger charge is 2.28. The van der Waals surface area contributed by atoms with Gasteiger partial charge < -0.3 is 15.0 Å².